The van der Waals surface area contributed by atoms with Crippen molar-refractivity contribution in [3.05, 3.63) is 62.7 Å². The van der Waals surface area contributed by atoms with Gasteiger partial charge in [-0.05, 0) is 37.3 Å². The highest BCUT2D eigenvalue weighted by atomic mass is 35.5. The van der Waals surface area contributed by atoms with Gasteiger partial charge in [-0.3, -0.25) is 24.5 Å². The maximum absolute atomic E-state index is 12.8. The summed E-state index contributed by atoms with van der Waals surface area (Å²) in [4.78, 5) is 46.5. The lowest BCUT2D eigenvalue weighted by atomic mass is 9.97. The van der Waals surface area contributed by atoms with Crippen LogP contribution in [0.2, 0.25) is 5.02 Å². The second-order valence-electron chi connectivity index (χ2n) is 6.49. The number of ketones is 2. The third-order valence-electron chi connectivity index (χ3n) is 4.32. The van der Waals surface area contributed by atoms with Crippen LogP contribution in [-0.2, 0) is 20.5 Å². The Balaban J connectivity index is 2.34. The van der Waals surface area contributed by atoms with Gasteiger partial charge in [-0.15, -0.1) is 0 Å². The molecule has 8 nitrogen and oxygen atoms in total. The molecule has 0 radical (unpaired) electrons. The van der Waals surface area contributed by atoms with Crippen molar-refractivity contribution >= 4 is 34.8 Å². The minimum absolute atomic E-state index is 0.144. The molecule has 0 aromatic heterocycles. The second-order valence-corrected chi connectivity index (χ2v) is 6.90. The van der Waals surface area contributed by atoms with Gasteiger partial charge < -0.3 is 9.47 Å². The topological polar surface area (TPSA) is 113 Å². The number of nitro groups is 1. The predicted octanol–water partition coefficient (Wildman–Crippen LogP) is 5.01. The van der Waals surface area contributed by atoms with E-state index in [-0.39, 0.29) is 16.5 Å². The summed E-state index contributed by atoms with van der Waals surface area (Å²) in [5.41, 5.74) is -2.12. The maximum atomic E-state index is 12.8. The summed E-state index contributed by atoms with van der Waals surface area (Å²) >= 11 is 5.83. The van der Waals surface area contributed by atoms with Gasteiger partial charge >= 0.3 is 12.1 Å². The molecule has 170 valence electrons. The van der Waals surface area contributed by atoms with E-state index in [1.165, 1.54) is 6.92 Å². The molecule has 0 heterocycles. The molecule has 0 fully saturated rings. The summed E-state index contributed by atoms with van der Waals surface area (Å²) in [7, 11) is 1.06. The van der Waals surface area contributed by atoms with Gasteiger partial charge in [-0.2, -0.15) is 13.2 Å². The fraction of sp³-hybridized carbons (Fsp3) is 0.250. The number of Topliss-reactive ketones (excluding diaryl/α,β-unsaturated/α-hetero) is 2. The van der Waals surface area contributed by atoms with Crippen molar-refractivity contribution in [2.45, 2.75) is 19.5 Å². The zero-order valence-electron chi connectivity index (χ0n) is 16.6. The lowest BCUT2D eigenvalue weighted by Crippen LogP contribution is -2.24. The Labute approximate surface area is 184 Å². The van der Waals surface area contributed by atoms with Crippen LogP contribution in [0, 0.1) is 16.0 Å². The van der Waals surface area contributed by atoms with E-state index in [1.54, 1.807) is 0 Å². The number of carbonyl (C=O) groups is 3. The number of carbonyl (C=O) groups excluding carboxylic acids is 3. The number of hydrogen-bond donors (Lipinski definition) is 0. The van der Waals surface area contributed by atoms with Crippen molar-refractivity contribution in [1.82, 2.24) is 0 Å². The van der Waals surface area contributed by atoms with Crippen LogP contribution in [0.5, 0.6) is 11.5 Å². The highest BCUT2D eigenvalue weighted by Crippen LogP contribution is 2.37. The number of esters is 1. The van der Waals surface area contributed by atoms with Crippen molar-refractivity contribution < 1.29 is 42.0 Å². The van der Waals surface area contributed by atoms with Gasteiger partial charge in [0.25, 0.3) is 5.69 Å². The number of nitro benzene ring substituents is 1. The molecule has 2 rings (SSSR count). The molecular formula is C20H15ClF3NO7. The number of ether oxygens (including phenoxy) is 2. The van der Waals surface area contributed by atoms with E-state index in [2.05, 4.69) is 4.74 Å². The Morgan fingerprint density at radius 2 is 1.81 bits per heavy atom. The highest BCUT2D eigenvalue weighted by molar-refractivity contribution is 6.32. The first-order valence-electron chi connectivity index (χ1n) is 8.82. The van der Waals surface area contributed by atoms with Crippen LogP contribution in [0.15, 0.2) is 36.4 Å². The van der Waals surface area contributed by atoms with Gasteiger partial charge in [0, 0.05) is 6.07 Å². The van der Waals surface area contributed by atoms with E-state index < -0.39 is 57.8 Å². The quantitative estimate of drug-likeness (QED) is 0.174. The van der Waals surface area contributed by atoms with Crippen LogP contribution < -0.4 is 4.74 Å². The van der Waals surface area contributed by atoms with Gasteiger partial charge in [0.05, 0.1) is 34.6 Å². The number of methoxy groups -OCH3 is 1. The minimum atomic E-state index is -4.62. The molecule has 12 heteroatoms. The van der Waals surface area contributed by atoms with Crippen molar-refractivity contribution in [3.63, 3.8) is 0 Å². The van der Waals surface area contributed by atoms with E-state index in [0.29, 0.717) is 6.07 Å². The van der Waals surface area contributed by atoms with Crippen LogP contribution in [0.25, 0.3) is 0 Å². The third-order valence-corrected chi connectivity index (χ3v) is 4.62. The monoisotopic (exact) mass is 473 g/mol. The standard InChI is InChI=1S/C20H15ClF3NO7/c1-10(19(28)31-2)16(26)9-17(27)13-8-12(4-5-15(13)25(29)30)32-18-6-3-11(7-14(18)21)20(22,23)24/h3-8,10H,9H2,1-2H3. The minimum Gasteiger partial charge on any atom is -0.468 e. The lowest BCUT2D eigenvalue weighted by Gasteiger charge is -2.12. The highest BCUT2D eigenvalue weighted by Gasteiger charge is 2.31. The molecule has 2 aromatic rings. The fourth-order valence-corrected chi connectivity index (χ4v) is 2.78. The largest absolute Gasteiger partial charge is 0.468 e. The predicted molar refractivity (Wildman–Crippen MR) is 105 cm³/mol. The molecule has 0 aliphatic carbocycles. The molecule has 1 atom stereocenters. The maximum Gasteiger partial charge on any atom is 0.416 e. The lowest BCUT2D eigenvalue weighted by molar-refractivity contribution is -0.385. The van der Waals surface area contributed by atoms with Crippen LogP contribution >= 0.6 is 11.6 Å². The van der Waals surface area contributed by atoms with Crippen molar-refractivity contribution in [2.75, 3.05) is 7.11 Å². The van der Waals surface area contributed by atoms with E-state index in [9.17, 15) is 37.7 Å². The zero-order valence-corrected chi connectivity index (χ0v) is 17.3. The molecule has 0 spiro atoms. The van der Waals surface area contributed by atoms with Gasteiger partial charge in [-0.25, -0.2) is 0 Å². The molecule has 2 aromatic carbocycles. The molecule has 0 aliphatic rings. The normalized spacial score (nSPS) is 12.1. The number of benzene rings is 2. The average Bonchev–Trinajstić information content (AvgIpc) is 2.72. The number of alkyl halides is 3. The summed E-state index contributed by atoms with van der Waals surface area (Å²) in [5.74, 6) is -4.23. The van der Waals surface area contributed by atoms with Crippen molar-refractivity contribution in [3.8, 4) is 11.5 Å². The fourth-order valence-electron chi connectivity index (χ4n) is 2.56. The molecule has 0 bridgehead atoms. The van der Waals surface area contributed by atoms with E-state index in [4.69, 9.17) is 16.3 Å². The first-order chi connectivity index (χ1) is 14.8. The van der Waals surface area contributed by atoms with Crippen molar-refractivity contribution in [2.24, 2.45) is 5.92 Å². The van der Waals surface area contributed by atoms with E-state index >= 15 is 0 Å². The Morgan fingerprint density at radius 3 is 2.34 bits per heavy atom. The van der Waals surface area contributed by atoms with Crippen LogP contribution in [0.1, 0.15) is 29.3 Å². The molecule has 0 aliphatic heterocycles. The summed E-state index contributed by atoms with van der Waals surface area (Å²) < 4.78 is 48.1. The molecule has 1 unspecified atom stereocenters. The summed E-state index contributed by atoms with van der Waals surface area (Å²) in [6, 6.07) is 5.34. The third kappa shape index (κ3) is 5.82. The molecular weight excluding hydrogens is 459 g/mol. The number of hydrogen-bond acceptors (Lipinski definition) is 7. The first kappa shape index (κ1) is 24.8. The Hall–Kier alpha value is -3.47. The van der Waals surface area contributed by atoms with Gasteiger partial charge in [0.2, 0.25) is 0 Å². The molecule has 0 amide bonds. The smallest absolute Gasteiger partial charge is 0.416 e. The first-order valence-corrected chi connectivity index (χ1v) is 9.19. The van der Waals surface area contributed by atoms with Crippen LogP contribution in [-0.4, -0.2) is 29.6 Å². The summed E-state index contributed by atoms with van der Waals surface area (Å²) in [6.07, 6.45) is -5.44. The molecule has 32 heavy (non-hydrogen) atoms. The van der Waals surface area contributed by atoms with E-state index in [1.807, 2.05) is 0 Å². The Bertz CT molecular complexity index is 1090. The molecule has 0 saturated carbocycles. The Morgan fingerprint density at radius 1 is 1.16 bits per heavy atom. The second kappa shape index (κ2) is 9.77. The van der Waals surface area contributed by atoms with Gasteiger partial charge in [0.15, 0.2) is 11.6 Å². The number of halogens is 4. The molecule has 0 saturated heterocycles. The number of nitrogens with zero attached hydrogens (tertiary/aromatic N) is 1. The molecule has 0 N–H and O–H groups in total. The van der Waals surface area contributed by atoms with E-state index in [0.717, 1.165) is 37.4 Å². The zero-order chi connectivity index (χ0) is 24.2. The van der Waals surface area contributed by atoms with Gasteiger partial charge in [-0.1, -0.05) is 11.6 Å². The van der Waals surface area contributed by atoms with Crippen LogP contribution in [0.3, 0.4) is 0 Å². The Kier molecular flexibility index (Phi) is 7.57. The number of rotatable bonds is 8. The summed E-state index contributed by atoms with van der Waals surface area (Å²) in [5, 5.41) is 10.9. The van der Waals surface area contributed by atoms with Crippen molar-refractivity contribution in [1.29, 1.82) is 0 Å². The van der Waals surface area contributed by atoms with Crippen LogP contribution in [0.4, 0.5) is 18.9 Å². The SMILES string of the molecule is COC(=O)C(C)C(=O)CC(=O)c1cc(Oc2ccc(C(F)(F)F)cc2Cl)ccc1[N+](=O)[O-]. The average molecular weight is 474 g/mol. The summed E-state index contributed by atoms with van der Waals surface area (Å²) in [6.45, 7) is 1.22. The van der Waals surface area contributed by atoms with Gasteiger partial charge in [0.1, 0.15) is 17.4 Å².